The number of nitrogens with two attached hydrogens (primary N) is 1. The number of imide groups is 1. The maximum Gasteiger partial charge on any atom is 0.338 e. The number of aromatic nitrogens is 1. The number of nitrogen functional groups attached to an aromatic ring is 1. The summed E-state index contributed by atoms with van der Waals surface area (Å²) in [6.45, 7) is -0.501. The first kappa shape index (κ1) is 27.7. The van der Waals surface area contributed by atoms with Crippen molar-refractivity contribution in [3.63, 3.8) is 0 Å². The maximum absolute atomic E-state index is 13.0. The highest BCUT2D eigenvalue weighted by molar-refractivity contribution is 8.00. The second-order valence-electron chi connectivity index (χ2n) is 9.69. The highest BCUT2D eigenvalue weighted by atomic mass is 32.2. The number of ether oxygens (including phenoxy) is 1. The molecule has 1 aliphatic heterocycles. The van der Waals surface area contributed by atoms with E-state index in [2.05, 4.69) is 10.3 Å². The third-order valence-corrected chi connectivity index (χ3v) is 7.83. The molecule has 0 bridgehead atoms. The summed E-state index contributed by atoms with van der Waals surface area (Å²) in [5, 5.41) is 2.10. The monoisotopic (exact) mass is 592 g/mol. The van der Waals surface area contributed by atoms with Crippen LogP contribution in [0.25, 0.3) is 22.6 Å². The number of rotatable bonds is 8. The van der Waals surface area contributed by atoms with E-state index < -0.39 is 23.7 Å². The summed E-state index contributed by atoms with van der Waals surface area (Å²) in [6.07, 6.45) is 0.0523. The van der Waals surface area contributed by atoms with Gasteiger partial charge in [0, 0.05) is 28.3 Å². The van der Waals surface area contributed by atoms with Crippen LogP contribution in [0.4, 0.5) is 17.1 Å². The van der Waals surface area contributed by atoms with Gasteiger partial charge in [0.2, 0.25) is 17.7 Å². The summed E-state index contributed by atoms with van der Waals surface area (Å²) in [4.78, 5) is 56.9. The Labute approximate surface area is 249 Å². The summed E-state index contributed by atoms with van der Waals surface area (Å²) in [7, 11) is 0. The molecule has 3 N–H and O–H groups in total. The lowest BCUT2D eigenvalue weighted by Gasteiger charge is -2.15. The lowest BCUT2D eigenvalue weighted by Crippen LogP contribution is -2.31. The third-order valence-electron chi connectivity index (χ3n) is 6.65. The van der Waals surface area contributed by atoms with Crippen molar-refractivity contribution in [3.05, 3.63) is 103 Å². The molecule has 0 aliphatic carbocycles. The van der Waals surface area contributed by atoms with Crippen LogP contribution in [0.5, 0.6) is 0 Å². The van der Waals surface area contributed by atoms with Gasteiger partial charge in [-0.2, -0.15) is 0 Å². The zero-order chi connectivity index (χ0) is 29.9. The molecule has 1 unspecified atom stereocenters. The van der Waals surface area contributed by atoms with Gasteiger partial charge in [-0.1, -0.05) is 18.2 Å². The number of carbonyl (C=O) groups excluding carboxylic acids is 4. The molecule has 0 saturated carbocycles. The van der Waals surface area contributed by atoms with Crippen molar-refractivity contribution in [1.82, 2.24) is 4.98 Å². The normalized spacial score (nSPS) is 14.7. The van der Waals surface area contributed by atoms with E-state index in [1.165, 1.54) is 36.0 Å². The van der Waals surface area contributed by atoms with Crippen LogP contribution < -0.4 is 16.0 Å². The van der Waals surface area contributed by atoms with Crippen LogP contribution in [0, 0.1) is 0 Å². The van der Waals surface area contributed by atoms with Crippen LogP contribution in [-0.4, -0.2) is 40.5 Å². The Kier molecular flexibility index (Phi) is 7.63. The first-order valence-electron chi connectivity index (χ1n) is 13.3. The Hall–Kier alpha value is -5.42. The minimum Gasteiger partial charge on any atom is -0.452 e. The molecule has 0 radical (unpaired) electrons. The van der Waals surface area contributed by atoms with Crippen molar-refractivity contribution in [1.29, 1.82) is 0 Å². The molecule has 43 heavy (non-hydrogen) atoms. The molecular weight excluding hydrogens is 568 g/mol. The standard InChI is InChI=1S/C32H24N4O6S/c33-21-4-3-5-24(16-21)43-27-17-29(38)36(31(27)39)23-14-10-20(11-15-23)32(40)41-18-28(37)34-22-12-8-19(9-13-22)30-35-25-6-1-2-7-26(25)42-30/h1-16,27H,17-18,33H2,(H,34,37). The largest absolute Gasteiger partial charge is 0.452 e. The lowest BCUT2D eigenvalue weighted by molar-refractivity contribution is -0.121. The van der Waals surface area contributed by atoms with Crippen molar-refractivity contribution < 1.29 is 28.3 Å². The number of amides is 3. The molecule has 1 aromatic heterocycles. The molecule has 1 atom stereocenters. The molecule has 10 nitrogen and oxygen atoms in total. The van der Waals surface area contributed by atoms with E-state index in [1.807, 2.05) is 30.3 Å². The lowest BCUT2D eigenvalue weighted by atomic mass is 10.2. The average molecular weight is 593 g/mol. The Morgan fingerprint density at radius 3 is 2.49 bits per heavy atom. The van der Waals surface area contributed by atoms with Crippen LogP contribution in [0.1, 0.15) is 16.8 Å². The third kappa shape index (κ3) is 6.11. The smallest absolute Gasteiger partial charge is 0.338 e. The number of hydrogen-bond donors (Lipinski definition) is 2. The highest BCUT2D eigenvalue weighted by Crippen LogP contribution is 2.34. The van der Waals surface area contributed by atoms with Gasteiger partial charge in [-0.05, 0) is 78.9 Å². The minimum atomic E-state index is -0.720. The van der Waals surface area contributed by atoms with Crippen molar-refractivity contribution >= 4 is 63.6 Å². The van der Waals surface area contributed by atoms with Crippen molar-refractivity contribution in [2.24, 2.45) is 0 Å². The molecule has 5 aromatic rings. The summed E-state index contributed by atoms with van der Waals surface area (Å²) < 4.78 is 10.9. The fourth-order valence-corrected chi connectivity index (χ4v) is 5.69. The van der Waals surface area contributed by atoms with E-state index >= 15 is 0 Å². The van der Waals surface area contributed by atoms with Gasteiger partial charge >= 0.3 is 5.97 Å². The minimum absolute atomic E-state index is 0.0523. The molecular formula is C32H24N4O6S. The Morgan fingerprint density at radius 1 is 0.977 bits per heavy atom. The number of nitrogens with one attached hydrogen (secondary N) is 1. The van der Waals surface area contributed by atoms with Gasteiger partial charge in [0.1, 0.15) is 5.52 Å². The number of anilines is 3. The average Bonchev–Trinajstić information content (AvgIpc) is 3.56. The highest BCUT2D eigenvalue weighted by Gasteiger charge is 2.40. The second-order valence-corrected chi connectivity index (χ2v) is 11.0. The number of para-hydroxylation sites is 2. The number of thioether (sulfide) groups is 1. The maximum atomic E-state index is 13.0. The van der Waals surface area contributed by atoms with E-state index in [1.54, 1.807) is 42.5 Å². The number of oxazole rings is 1. The first-order valence-corrected chi connectivity index (χ1v) is 14.1. The molecule has 6 rings (SSSR count). The van der Waals surface area contributed by atoms with E-state index in [-0.39, 0.29) is 23.8 Å². The number of esters is 1. The SMILES string of the molecule is Nc1cccc(SC2CC(=O)N(c3ccc(C(=O)OCC(=O)Nc4ccc(-c5nc6ccccc6o5)cc4)cc3)C2=O)c1. The summed E-state index contributed by atoms with van der Waals surface area (Å²) in [5.74, 6) is -1.45. The van der Waals surface area contributed by atoms with Gasteiger partial charge in [-0.25, -0.2) is 14.7 Å². The zero-order valence-corrected chi connectivity index (χ0v) is 23.4. The van der Waals surface area contributed by atoms with Crippen LogP contribution in [0.15, 0.2) is 106 Å². The van der Waals surface area contributed by atoms with Gasteiger partial charge < -0.3 is 20.2 Å². The Morgan fingerprint density at radius 2 is 1.74 bits per heavy atom. The van der Waals surface area contributed by atoms with Gasteiger partial charge in [-0.15, -0.1) is 11.8 Å². The fraction of sp³-hybridized carbons (Fsp3) is 0.0938. The van der Waals surface area contributed by atoms with Crippen LogP contribution in [0.3, 0.4) is 0 Å². The molecule has 11 heteroatoms. The van der Waals surface area contributed by atoms with E-state index in [0.29, 0.717) is 28.5 Å². The molecule has 1 saturated heterocycles. The predicted octanol–water partition coefficient (Wildman–Crippen LogP) is 5.30. The number of fused-ring (bicyclic) bond motifs is 1. The Balaban J connectivity index is 1.01. The van der Waals surface area contributed by atoms with Gasteiger partial charge in [0.05, 0.1) is 16.5 Å². The van der Waals surface area contributed by atoms with E-state index in [9.17, 15) is 19.2 Å². The van der Waals surface area contributed by atoms with E-state index in [0.717, 1.165) is 20.9 Å². The molecule has 1 fully saturated rings. The van der Waals surface area contributed by atoms with Crippen LogP contribution >= 0.6 is 11.8 Å². The Bertz CT molecular complexity index is 1820. The molecule has 1 aliphatic rings. The fourth-order valence-electron chi connectivity index (χ4n) is 4.57. The van der Waals surface area contributed by atoms with Crippen molar-refractivity contribution in [2.45, 2.75) is 16.6 Å². The van der Waals surface area contributed by atoms with Gasteiger partial charge in [-0.3, -0.25) is 14.4 Å². The molecule has 2 heterocycles. The van der Waals surface area contributed by atoms with E-state index in [4.69, 9.17) is 14.9 Å². The van der Waals surface area contributed by atoms with Crippen LogP contribution in [-0.2, 0) is 19.1 Å². The first-order chi connectivity index (χ1) is 20.8. The summed E-state index contributed by atoms with van der Waals surface area (Å²) in [6, 6.07) is 27.4. The topological polar surface area (TPSA) is 145 Å². The van der Waals surface area contributed by atoms with Crippen LogP contribution in [0.2, 0.25) is 0 Å². The number of carbonyl (C=O) groups is 4. The quantitative estimate of drug-likeness (QED) is 0.139. The number of nitrogens with zero attached hydrogens (tertiary/aromatic N) is 2. The molecule has 0 spiro atoms. The van der Waals surface area contributed by atoms with Gasteiger partial charge in [0.25, 0.3) is 5.91 Å². The van der Waals surface area contributed by atoms with Crippen molar-refractivity contribution in [2.75, 3.05) is 22.6 Å². The number of hydrogen-bond acceptors (Lipinski definition) is 9. The van der Waals surface area contributed by atoms with Crippen molar-refractivity contribution in [3.8, 4) is 11.5 Å². The predicted molar refractivity (Wildman–Crippen MR) is 162 cm³/mol. The molecule has 214 valence electrons. The summed E-state index contributed by atoms with van der Waals surface area (Å²) >= 11 is 1.28. The second kappa shape index (κ2) is 11.8. The molecule has 3 amide bonds. The molecule has 4 aromatic carbocycles. The number of benzene rings is 4. The zero-order valence-electron chi connectivity index (χ0n) is 22.6. The summed E-state index contributed by atoms with van der Waals surface area (Å²) in [5.41, 5.74) is 9.60. The van der Waals surface area contributed by atoms with Gasteiger partial charge in [0.15, 0.2) is 12.2 Å².